The predicted molar refractivity (Wildman–Crippen MR) is 139 cm³/mol. The van der Waals surface area contributed by atoms with Gasteiger partial charge < -0.3 is 10.1 Å². The topological polar surface area (TPSA) is 84.5 Å². The van der Waals surface area contributed by atoms with Crippen LogP contribution in [0.3, 0.4) is 0 Å². The largest absolute Gasteiger partial charge is 0.495 e. The Labute approximate surface area is 212 Å². The third kappa shape index (κ3) is 6.63. The number of hydrogen-bond donors (Lipinski definition) is 2. The van der Waals surface area contributed by atoms with Crippen LogP contribution >= 0.6 is 11.6 Å². The average Bonchev–Trinajstić information content (AvgIpc) is 2.81. The van der Waals surface area contributed by atoms with E-state index < -0.39 is 22.0 Å². The molecule has 3 aromatic rings. The summed E-state index contributed by atoms with van der Waals surface area (Å²) in [5.41, 5.74) is 5.19. The molecule has 0 unspecified atom stereocenters. The molecule has 3 rings (SSSR count). The summed E-state index contributed by atoms with van der Waals surface area (Å²) >= 11 is 6.14. The van der Waals surface area contributed by atoms with Crippen molar-refractivity contribution in [2.24, 2.45) is 0 Å². The van der Waals surface area contributed by atoms with Gasteiger partial charge in [-0.3, -0.25) is 4.79 Å². The van der Waals surface area contributed by atoms with Crippen LogP contribution in [0.1, 0.15) is 40.8 Å². The maximum atomic E-state index is 13.4. The van der Waals surface area contributed by atoms with E-state index in [0.29, 0.717) is 5.75 Å². The van der Waals surface area contributed by atoms with Gasteiger partial charge in [-0.15, -0.1) is 0 Å². The predicted octanol–water partition coefficient (Wildman–Crippen LogP) is 5.04. The first kappa shape index (κ1) is 26.7. The molecule has 0 aliphatic carbocycles. The number of aryl methyl sites for hydroxylation is 3. The van der Waals surface area contributed by atoms with E-state index in [1.54, 1.807) is 0 Å². The van der Waals surface area contributed by atoms with Gasteiger partial charge in [0.1, 0.15) is 11.8 Å². The maximum absolute atomic E-state index is 13.4. The quantitative estimate of drug-likeness (QED) is 0.419. The Bertz CT molecular complexity index is 1310. The Morgan fingerprint density at radius 1 is 0.971 bits per heavy atom. The summed E-state index contributed by atoms with van der Waals surface area (Å²) in [5, 5.41) is 3.16. The first-order chi connectivity index (χ1) is 16.5. The zero-order valence-electron chi connectivity index (χ0n) is 20.6. The van der Waals surface area contributed by atoms with Crippen LogP contribution in [-0.4, -0.2) is 27.5 Å². The zero-order chi connectivity index (χ0) is 25.8. The van der Waals surface area contributed by atoms with Crippen molar-refractivity contribution >= 4 is 27.5 Å². The highest BCUT2D eigenvalue weighted by Crippen LogP contribution is 2.27. The Kier molecular flexibility index (Phi) is 8.59. The molecule has 0 aliphatic heterocycles. The van der Waals surface area contributed by atoms with E-state index in [9.17, 15) is 13.2 Å². The summed E-state index contributed by atoms with van der Waals surface area (Å²) in [6.07, 6.45) is 0.189. The highest BCUT2D eigenvalue weighted by molar-refractivity contribution is 7.89. The molecular formula is C27H31ClN2O4S. The van der Waals surface area contributed by atoms with Crippen LogP contribution in [0.15, 0.2) is 65.6 Å². The van der Waals surface area contributed by atoms with Crippen molar-refractivity contribution in [1.82, 2.24) is 10.0 Å². The molecule has 0 bridgehead atoms. The number of carbonyl (C=O) groups excluding carboxylic acids is 1. The van der Waals surface area contributed by atoms with Crippen LogP contribution in [0.4, 0.5) is 0 Å². The maximum Gasteiger partial charge on any atom is 0.241 e. The molecule has 0 saturated carbocycles. The van der Waals surface area contributed by atoms with E-state index in [0.717, 1.165) is 22.3 Å². The van der Waals surface area contributed by atoms with E-state index in [1.807, 2.05) is 58.0 Å². The monoisotopic (exact) mass is 514 g/mol. The summed E-state index contributed by atoms with van der Waals surface area (Å²) in [6, 6.07) is 16.3. The minimum atomic E-state index is -4.04. The lowest BCUT2D eigenvalue weighted by Gasteiger charge is -2.23. The van der Waals surface area contributed by atoms with Gasteiger partial charge in [-0.25, -0.2) is 8.42 Å². The van der Waals surface area contributed by atoms with Gasteiger partial charge in [-0.05, 0) is 80.1 Å². The number of benzene rings is 3. The molecule has 1 amide bonds. The molecule has 2 N–H and O–H groups in total. The third-order valence-electron chi connectivity index (χ3n) is 6.04. The molecule has 0 aromatic heterocycles. The van der Waals surface area contributed by atoms with Gasteiger partial charge in [-0.2, -0.15) is 4.72 Å². The molecule has 2 atom stereocenters. The van der Waals surface area contributed by atoms with Crippen molar-refractivity contribution in [3.8, 4) is 5.75 Å². The minimum Gasteiger partial charge on any atom is -0.495 e. The van der Waals surface area contributed by atoms with Gasteiger partial charge in [0.25, 0.3) is 0 Å². The molecule has 0 aliphatic rings. The third-order valence-corrected chi connectivity index (χ3v) is 7.80. The number of halogens is 1. The molecule has 0 spiro atoms. The van der Waals surface area contributed by atoms with Crippen molar-refractivity contribution in [2.75, 3.05) is 7.11 Å². The molecule has 0 radical (unpaired) electrons. The number of methoxy groups -OCH3 is 1. The Morgan fingerprint density at radius 3 is 2.26 bits per heavy atom. The second-order valence-corrected chi connectivity index (χ2v) is 10.8. The van der Waals surface area contributed by atoms with Crippen LogP contribution in [0.2, 0.25) is 5.02 Å². The van der Waals surface area contributed by atoms with Gasteiger partial charge >= 0.3 is 0 Å². The van der Waals surface area contributed by atoms with Crippen molar-refractivity contribution < 1.29 is 17.9 Å². The molecule has 0 heterocycles. The number of ether oxygens (including phenoxy) is 1. The highest BCUT2D eigenvalue weighted by atomic mass is 35.5. The number of sulfonamides is 1. The van der Waals surface area contributed by atoms with E-state index in [1.165, 1.54) is 30.9 Å². The van der Waals surface area contributed by atoms with Gasteiger partial charge in [0.05, 0.1) is 23.1 Å². The Morgan fingerprint density at radius 2 is 1.63 bits per heavy atom. The van der Waals surface area contributed by atoms with E-state index >= 15 is 0 Å². The number of rotatable bonds is 9. The minimum absolute atomic E-state index is 0.0489. The molecule has 0 saturated heterocycles. The highest BCUT2D eigenvalue weighted by Gasteiger charge is 2.28. The lowest BCUT2D eigenvalue weighted by molar-refractivity contribution is -0.123. The molecule has 8 heteroatoms. The fraction of sp³-hybridized carbons (Fsp3) is 0.296. The van der Waals surface area contributed by atoms with E-state index in [-0.39, 0.29) is 22.4 Å². The van der Waals surface area contributed by atoms with Crippen LogP contribution in [0.5, 0.6) is 5.75 Å². The summed E-state index contributed by atoms with van der Waals surface area (Å²) in [6.45, 7) is 7.97. The number of amides is 1. The first-order valence-electron chi connectivity index (χ1n) is 11.3. The SMILES string of the molecule is COc1ccc(S(=O)(=O)N[C@@H](Cc2ccccc2)C(=O)N[C@H](C)c2cc(C)c(C)cc2C)cc1Cl. The standard InChI is InChI=1S/C27H31ClN2O4S/c1-17-13-19(3)23(14-18(17)2)20(4)29-27(31)25(15-21-9-7-6-8-10-21)30-35(32,33)22-11-12-26(34-5)24(28)16-22/h6-14,16,20,25,30H,15H2,1-5H3,(H,29,31)/t20-,25+/m1/s1. The molecule has 0 fully saturated rings. The summed E-state index contributed by atoms with van der Waals surface area (Å²) in [7, 11) is -2.59. The fourth-order valence-corrected chi connectivity index (χ4v) is 5.49. The van der Waals surface area contributed by atoms with Crippen LogP contribution in [0.25, 0.3) is 0 Å². The average molecular weight is 515 g/mol. The molecule has 6 nitrogen and oxygen atoms in total. The van der Waals surface area contributed by atoms with E-state index in [2.05, 4.69) is 22.2 Å². The second kappa shape index (κ2) is 11.2. The van der Waals surface area contributed by atoms with Gasteiger partial charge in [0, 0.05) is 0 Å². The summed E-state index contributed by atoms with van der Waals surface area (Å²) in [4.78, 5) is 13.3. The van der Waals surface area contributed by atoms with Gasteiger partial charge in [0.2, 0.25) is 15.9 Å². The van der Waals surface area contributed by atoms with Gasteiger partial charge in [0.15, 0.2) is 0 Å². The normalized spacial score (nSPS) is 13.2. The van der Waals surface area contributed by atoms with Gasteiger partial charge in [-0.1, -0.05) is 54.1 Å². The smallest absolute Gasteiger partial charge is 0.241 e. The summed E-state index contributed by atoms with van der Waals surface area (Å²) < 4.78 is 34.1. The van der Waals surface area contributed by atoms with Crippen molar-refractivity contribution in [2.45, 2.75) is 51.1 Å². The van der Waals surface area contributed by atoms with Crippen LogP contribution in [0, 0.1) is 20.8 Å². The lowest BCUT2D eigenvalue weighted by Crippen LogP contribution is -2.48. The Hall–Kier alpha value is -2.87. The van der Waals surface area contributed by atoms with Crippen molar-refractivity contribution in [3.63, 3.8) is 0 Å². The number of hydrogen-bond acceptors (Lipinski definition) is 4. The lowest BCUT2D eigenvalue weighted by atomic mass is 9.96. The summed E-state index contributed by atoms with van der Waals surface area (Å²) in [5.74, 6) is -0.0519. The first-order valence-corrected chi connectivity index (χ1v) is 13.2. The van der Waals surface area contributed by atoms with Crippen LogP contribution in [-0.2, 0) is 21.2 Å². The van der Waals surface area contributed by atoms with Crippen molar-refractivity contribution in [3.05, 3.63) is 93.5 Å². The molecule has 186 valence electrons. The van der Waals surface area contributed by atoms with E-state index in [4.69, 9.17) is 16.3 Å². The number of carbonyl (C=O) groups is 1. The Balaban J connectivity index is 1.88. The van der Waals surface area contributed by atoms with Crippen molar-refractivity contribution in [1.29, 1.82) is 0 Å². The second-order valence-electron chi connectivity index (χ2n) is 8.68. The zero-order valence-corrected chi connectivity index (χ0v) is 22.1. The van der Waals surface area contributed by atoms with Crippen LogP contribution < -0.4 is 14.8 Å². The fourth-order valence-electron chi connectivity index (χ4n) is 3.95. The molecule has 35 heavy (non-hydrogen) atoms. The number of nitrogens with one attached hydrogen (secondary N) is 2. The molecule has 3 aromatic carbocycles. The molecular weight excluding hydrogens is 484 g/mol.